The van der Waals surface area contributed by atoms with Crippen LogP contribution in [-0.2, 0) is 6.54 Å². The summed E-state index contributed by atoms with van der Waals surface area (Å²) in [5.74, 6) is -0.0846. The van der Waals surface area contributed by atoms with Crippen molar-refractivity contribution in [1.29, 1.82) is 0 Å². The van der Waals surface area contributed by atoms with Crippen LogP contribution in [0.3, 0.4) is 0 Å². The fraction of sp³-hybridized carbons (Fsp3) is 0.214. The van der Waals surface area contributed by atoms with Crippen molar-refractivity contribution in [2.24, 2.45) is 0 Å². The van der Waals surface area contributed by atoms with Gasteiger partial charge in [0.1, 0.15) is 5.58 Å². The Morgan fingerprint density at radius 1 is 1.06 bits per heavy atom. The van der Waals surface area contributed by atoms with Crippen molar-refractivity contribution >= 4 is 28.5 Å². The van der Waals surface area contributed by atoms with Crippen molar-refractivity contribution in [3.8, 4) is 11.5 Å². The Morgan fingerprint density at radius 2 is 1.80 bits per heavy atom. The first-order valence-corrected chi connectivity index (χ1v) is 11.7. The van der Waals surface area contributed by atoms with Gasteiger partial charge < -0.3 is 19.2 Å². The number of phenolic OH excluding ortho intramolecular Hbond substituents is 1. The second-order valence-electron chi connectivity index (χ2n) is 8.75. The second-order valence-corrected chi connectivity index (χ2v) is 9.16. The Bertz CT molecular complexity index is 1520. The number of hydrogen-bond acceptors (Lipinski definition) is 5. The van der Waals surface area contributed by atoms with Gasteiger partial charge in [-0.3, -0.25) is 9.59 Å². The van der Waals surface area contributed by atoms with E-state index in [1.807, 2.05) is 45.0 Å². The van der Waals surface area contributed by atoms with E-state index in [2.05, 4.69) is 0 Å². The number of amides is 1. The smallest absolute Gasteiger partial charge is 0.291 e. The van der Waals surface area contributed by atoms with Gasteiger partial charge in [0.2, 0.25) is 5.76 Å². The first kappa shape index (κ1) is 23.0. The minimum absolute atomic E-state index is 0.0157. The largest absolute Gasteiger partial charge is 0.504 e. The van der Waals surface area contributed by atoms with Gasteiger partial charge >= 0.3 is 0 Å². The van der Waals surface area contributed by atoms with E-state index >= 15 is 0 Å². The van der Waals surface area contributed by atoms with Crippen molar-refractivity contribution in [2.75, 3.05) is 6.61 Å². The van der Waals surface area contributed by atoms with Crippen LogP contribution in [0.25, 0.3) is 11.0 Å². The maximum atomic E-state index is 13.8. The molecule has 0 unspecified atom stereocenters. The molecular formula is C28H24ClNO5. The highest BCUT2D eigenvalue weighted by molar-refractivity contribution is 6.32. The summed E-state index contributed by atoms with van der Waals surface area (Å²) in [5.41, 5.74) is 3.68. The molecule has 7 heteroatoms. The zero-order valence-electron chi connectivity index (χ0n) is 19.6. The Balaban J connectivity index is 1.73. The minimum atomic E-state index is -0.723. The zero-order valence-corrected chi connectivity index (χ0v) is 20.3. The Kier molecular flexibility index (Phi) is 5.77. The predicted molar refractivity (Wildman–Crippen MR) is 134 cm³/mol. The predicted octanol–water partition coefficient (Wildman–Crippen LogP) is 5.91. The fourth-order valence-corrected chi connectivity index (χ4v) is 4.68. The van der Waals surface area contributed by atoms with Gasteiger partial charge in [-0.15, -0.1) is 0 Å². The van der Waals surface area contributed by atoms with Crippen LogP contribution in [0.2, 0.25) is 5.02 Å². The minimum Gasteiger partial charge on any atom is -0.504 e. The van der Waals surface area contributed by atoms with Crippen molar-refractivity contribution in [3.63, 3.8) is 0 Å². The molecule has 1 aliphatic rings. The monoisotopic (exact) mass is 489 g/mol. The number of fused-ring (bicyclic) bond motifs is 2. The normalized spacial score (nSPS) is 15.0. The molecule has 3 aromatic carbocycles. The Labute approximate surface area is 207 Å². The Morgan fingerprint density at radius 3 is 2.51 bits per heavy atom. The molecule has 1 N–H and O–H groups in total. The van der Waals surface area contributed by atoms with Crippen LogP contribution in [0.15, 0.2) is 63.8 Å². The van der Waals surface area contributed by atoms with Crippen LogP contribution in [0.1, 0.15) is 51.3 Å². The lowest BCUT2D eigenvalue weighted by molar-refractivity contribution is 0.0714. The van der Waals surface area contributed by atoms with Gasteiger partial charge in [-0.05, 0) is 61.7 Å². The van der Waals surface area contributed by atoms with E-state index in [-0.39, 0.29) is 40.7 Å². The van der Waals surface area contributed by atoms with Crippen LogP contribution >= 0.6 is 11.6 Å². The number of benzene rings is 3. The zero-order chi connectivity index (χ0) is 24.9. The first-order chi connectivity index (χ1) is 16.8. The molecule has 178 valence electrons. The number of halogens is 1. The molecule has 1 aliphatic heterocycles. The lowest BCUT2D eigenvalue weighted by Crippen LogP contribution is -2.29. The quantitative estimate of drug-likeness (QED) is 0.377. The summed E-state index contributed by atoms with van der Waals surface area (Å²) in [6, 6.07) is 15.3. The van der Waals surface area contributed by atoms with Gasteiger partial charge in [-0.1, -0.05) is 47.5 Å². The number of rotatable bonds is 5. The summed E-state index contributed by atoms with van der Waals surface area (Å²) in [5, 5.41) is 11.0. The molecule has 2 heterocycles. The Hall–Kier alpha value is -3.77. The van der Waals surface area contributed by atoms with Crippen LogP contribution in [0, 0.1) is 13.8 Å². The average Bonchev–Trinajstić information content (AvgIpc) is 3.10. The third kappa shape index (κ3) is 3.94. The van der Waals surface area contributed by atoms with Gasteiger partial charge in [0, 0.05) is 11.6 Å². The third-order valence-corrected chi connectivity index (χ3v) is 6.73. The summed E-state index contributed by atoms with van der Waals surface area (Å²) >= 11 is 6.31. The van der Waals surface area contributed by atoms with E-state index < -0.39 is 6.04 Å². The molecule has 0 bridgehead atoms. The van der Waals surface area contributed by atoms with Crippen LogP contribution in [-0.4, -0.2) is 22.5 Å². The highest BCUT2D eigenvalue weighted by Gasteiger charge is 2.43. The van der Waals surface area contributed by atoms with E-state index in [9.17, 15) is 14.7 Å². The topological polar surface area (TPSA) is 80.0 Å². The van der Waals surface area contributed by atoms with Crippen LogP contribution in [0.4, 0.5) is 0 Å². The highest BCUT2D eigenvalue weighted by atomic mass is 35.5. The lowest BCUT2D eigenvalue weighted by Gasteiger charge is -2.26. The summed E-state index contributed by atoms with van der Waals surface area (Å²) in [4.78, 5) is 29.0. The maximum Gasteiger partial charge on any atom is 0.291 e. The molecule has 0 aliphatic carbocycles. The van der Waals surface area contributed by atoms with Gasteiger partial charge in [-0.2, -0.15) is 0 Å². The van der Waals surface area contributed by atoms with Crippen LogP contribution < -0.4 is 10.2 Å². The molecule has 4 aromatic rings. The molecule has 0 radical (unpaired) electrons. The van der Waals surface area contributed by atoms with Crippen molar-refractivity contribution in [2.45, 2.75) is 33.4 Å². The second kappa shape index (κ2) is 8.78. The lowest BCUT2D eigenvalue weighted by atomic mass is 9.97. The molecule has 1 amide bonds. The van der Waals surface area contributed by atoms with Gasteiger partial charge in [0.25, 0.3) is 5.91 Å². The fourth-order valence-electron chi connectivity index (χ4n) is 4.51. The number of ether oxygens (including phenoxy) is 1. The van der Waals surface area contributed by atoms with Crippen molar-refractivity contribution in [3.05, 3.63) is 103 Å². The number of hydrogen-bond donors (Lipinski definition) is 1. The number of phenols is 1. The SMILES string of the molecule is CCOc1cc([C@@H]2c3c(oc4cc(C)c(Cl)cc4c3=O)C(=O)N2Cc2ccc(C)cc2)ccc1O. The summed E-state index contributed by atoms with van der Waals surface area (Å²) in [6.45, 7) is 6.26. The summed E-state index contributed by atoms with van der Waals surface area (Å²) in [7, 11) is 0. The molecule has 0 fully saturated rings. The number of aryl methyl sites for hydroxylation is 2. The van der Waals surface area contributed by atoms with Gasteiger partial charge in [0.05, 0.1) is 23.6 Å². The summed E-state index contributed by atoms with van der Waals surface area (Å²) < 4.78 is 11.6. The van der Waals surface area contributed by atoms with Crippen molar-refractivity contribution in [1.82, 2.24) is 4.90 Å². The van der Waals surface area contributed by atoms with Crippen molar-refractivity contribution < 1.29 is 19.1 Å². The molecule has 5 rings (SSSR count). The molecular weight excluding hydrogens is 466 g/mol. The number of nitrogens with zero attached hydrogens (tertiary/aromatic N) is 1. The molecule has 35 heavy (non-hydrogen) atoms. The van der Waals surface area contributed by atoms with E-state index in [1.54, 1.807) is 29.2 Å². The standard InChI is InChI=1S/C28H24ClNO5/c1-4-34-23-12-18(9-10-21(23)31)25-24-26(32)19-13-20(29)16(3)11-22(19)35-27(24)28(33)30(25)14-17-7-5-15(2)6-8-17/h5-13,25,31H,4,14H2,1-3H3/t25-/m1/s1. The molecule has 6 nitrogen and oxygen atoms in total. The van der Waals surface area contributed by atoms with E-state index in [1.165, 1.54) is 6.07 Å². The highest BCUT2D eigenvalue weighted by Crippen LogP contribution is 2.42. The van der Waals surface area contributed by atoms with Gasteiger partial charge in [-0.25, -0.2) is 0 Å². The molecule has 1 aromatic heterocycles. The molecule has 0 saturated heterocycles. The average molecular weight is 490 g/mol. The van der Waals surface area contributed by atoms with E-state index in [0.717, 1.165) is 16.7 Å². The molecule has 0 saturated carbocycles. The summed E-state index contributed by atoms with van der Waals surface area (Å²) in [6.07, 6.45) is 0. The van der Waals surface area contributed by atoms with E-state index in [4.69, 9.17) is 20.8 Å². The number of carbonyl (C=O) groups excluding carboxylic acids is 1. The number of carbonyl (C=O) groups is 1. The molecule has 0 spiro atoms. The molecule has 1 atom stereocenters. The van der Waals surface area contributed by atoms with Crippen LogP contribution in [0.5, 0.6) is 11.5 Å². The van der Waals surface area contributed by atoms with Gasteiger partial charge in [0.15, 0.2) is 16.9 Å². The maximum absolute atomic E-state index is 13.8. The van der Waals surface area contributed by atoms with E-state index in [0.29, 0.717) is 28.2 Å². The third-order valence-electron chi connectivity index (χ3n) is 6.32. The number of aromatic hydroxyl groups is 1. The first-order valence-electron chi connectivity index (χ1n) is 11.4.